The largest absolute Gasteiger partial charge is 0.383 e. The molecule has 0 spiro atoms. The van der Waals surface area contributed by atoms with Crippen LogP contribution in [0.4, 0.5) is 5.69 Å². The van der Waals surface area contributed by atoms with Crippen molar-refractivity contribution >= 4 is 17.5 Å². The molecule has 2 atom stereocenters. The molecule has 2 N–H and O–H groups in total. The van der Waals surface area contributed by atoms with E-state index in [-0.39, 0.29) is 35.6 Å². The number of carbonyl (C=O) groups excluding carboxylic acids is 2. The molecule has 7 heteroatoms. The zero-order valence-electron chi connectivity index (χ0n) is 15.6. The molecule has 1 aliphatic carbocycles. The number of nitrogens with one attached hydrogen (secondary N) is 2. The number of hydrogen-bond acceptors (Lipinski definition) is 4. The first-order chi connectivity index (χ1) is 11.8. The van der Waals surface area contributed by atoms with E-state index in [1.807, 2.05) is 13.8 Å². The third-order valence-electron chi connectivity index (χ3n) is 4.54. The highest BCUT2D eigenvalue weighted by molar-refractivity contribution is 5.95. The molecule has 1 heterocycles. The Labute approximate surface area is 148 Å². The van der Waals surface area contributed by atoms with Crippen LogP contribution in [0.2, 0.25) is 0 Å². The summed E-state index contributed by atoms with van der Waals surface area (Å²) in [5, 5.41) is 9.75. The van der Waals surface area contributed by atoms with Gasteiger partial charge in [0, 0.05) is 19.9 Å². The Bertz CT molecular complexity index is 659. The Hall–Kier alpha value is -2.15. The number of hydrogen-bond donors (Lipinski definition) is 2. The molecule has 7 nitrogen and oxygen atoms in total. The van der Waals surface area contributed by atoms with Gasteiger partial charge in [-0.25, -0.2) is 0 Å². The highest BCUT2D eigenvalue weighted by Crippen LogP contribution is 2.59. The minimum Gasteiger partial charge on any atom is -0.383 e. The number of nitrogens with zero attached hydrogens (tertiary/aromatic N) is 2. The zero-order chi connectivity index (χ0) is 18.6. The van der Waals surface area contributed by atoms with Gasteiger partial charge in [0.2, 0.25) is 11.8 Å². The number of anilines is 1. The molecular formula is C18H28N4O3. The third kappa shape index (κ3) is 4.92. The summed E-state index contributed by atoms with van der Waals surface area (Å²) in [7, 11) is 1.58. The second-order valence-corrected chi connectivity index (χ2v) is 7.33. The van der Waals surface area contributed by atoms with Crippen molar-refractivity contribution in [3.63, 3.8) is 0 Å². The normalized spacial score (nSPS) is 20.7. The predicted octanol–water partition coefficient (Wildman–Crippen LogP) is 1.82. The summed E-state index contributed by atoms with van der Waals surface area (Å²) >= 11 is 0. The van der Waals surface area contributed by atoms with E-state index in [1.54, 1.807) is 19.5 Å². The average Bonchev–Trinajstić information content (AvgIpc) is 2.82. The first-order valence-corrected chi connectivity index (χ1v) is 8.49. The summed E-state index contributed by atoms with van der Waals surface area (Å²) in [4.78, 5) is 24.3. The van der Waals surface area contributed by atoms with Gasteiger partial charge >= 0.3 is 0 Å². The Kier molecular flexibility index (Phi) is 6.00. The fraction of sp³-hybridized carbons (Fsp3) is 0.611. The van der Waals surface area contributed by atoms with Gasteiger partial charge in [0.25, 0.3) is 0 Å². The Morgan fingerprint density at radius 3 is 2.76 bits per heavy atom. The van der Waals surface area contributed by atoms with Crippen LogP contribution in [0.5, 0.6) is 0 Å². The second-order valence-electron chi connectivity index (χ2n) is 7.33. The molecule has 138 valence electrons. The van der Waals surface area contributed by atoms with E-state index in [1.165, 1.54) is 10.3 Å². The third-order valence-corrected chi connectivity index (χ3v) is 4.54. The van der Waals surface area contributed by atoms with Gasteiger partial charge in [-0.15, -0.1) is 0 Å². The van der Waals surface area contributed by atoms with Gasteiger partial charge in [-0.1, -0.05) is 25.5 Å². The minimum absolute atomic E-state index is 0.00315. The molecule has 2 amide bonds. The van der Waals surface area contributed by atoms with E-state index in [4.69, 9.17) is 4.74 Å². The topological polar surface area (TPSA) is 85.2 Å². The first-order valence-electron chi connectivity index (χ1n) is 8.49. The number of rotatable bonds is 8. The lowest BCUT2D eigenvalue weighted by molar-refractivity contribution is -0.122. The van der Waals surface area contributed by atoms with Gasteiger partial charge in [0.1, 0.15) is 6.54 Å². The van der Waals surface area contributed by atoms with E-state index in [0.717, 1.165) is 0 Å². The van der Waals surface area contributed by atoms with Crippen LogP contribution in [-0.2, 0) is 20.9 Å². The fourth-order valence-corrected chi connectivity index (χ4v) is 3.08. The predicted molar refractivity (Wildman–Crippen MR) is 95.9 cm³/mol. The zero-order valence-corrected chi connectivity index (χ0v) is 15.6. The fourth-order valence-electron chi connectivity index (χ4n) is 3.08. The molecule has 1 aromatic rings. The molecule has 25 heavy (non-hydrogen) atoms. The second kappa shape index (κ2) is 7.82. The number of carbonyl (C=O) groups is 2. The summed E-state index contributed by atoms with van der Waals surface area (Å²) in [5.41, 5.74) is 1.80. The summed E-state index contributed by atoms with van der Waals surface area (Å²) in [5.74, 6) is 0.0729. The van der Waals surface area contributed by atoms with Crippen LogP contribution >= 0.6 is 0 Å². The lowest BCUT2D eigenvalue weighted by Crippen LogP contribution is -2.30. The average molecular weight is 348 g/mol. The van der Waals surface area contributed by atoms with Gasteiger partial charge in [-0.3, -0.25) is 14.3 Å². The van der Waals surface area contributed by atoms with E-state index in [9.17, 15) is 9.59 Å². The van der Waals surface area contributed by atoms with Crippen molar-refractivity contribution in [1.29, 1.82) is 0 Å². The van der Waals surface area contributed by atoms with Gasteiger partial charge in [-0.05, 0) is 25.2 Å². The van der Waals surface area contributed by atoms with Crippen molar-refractivity contribution in [2.45, 2.75) is 34.2 Å². The molecule has 0 bridgehead atoms. The van der Waals surface area contributed by atoms with Gasteiger partial charge in [-0.2, -0.15) is 5.10 Å². The Balaban J connectivity index is 1.88. The van der Waals surface area contributed by atoms with E-state index >= 15 is 0 Å². The number of amides is 2. The van der Waals surface area contributed by atoms with Crippen molar-refractivity contribution in [2.75, 3.05) is 25.6 Å². The molecule has 0 saturated heterocycles. The molecule has 0 aromatic carbocycles. The van der Waals surface area contributed by atoms with Crippen LogP contribution in [0.1, 0.15) is 27.7 Å². The summed E-state index contributed by atoms with van der Waals surface area (Å²) in [6.45, 7) is 9.34. The lowest BCUT2D eigenvalue weighted by atomic mass is 10.1. The maximum absolute atomic E-state index is 12.5. The molecule has 1 fully saturated rings. The molecule has 1 aromatic heterocycles. The molecule has 1 saturated carbocycles. The molecular weight excluding hydrogens is 320 g/mol. The number of ether oxygens (including phenoxy) is 1. The number of allylic oxidation sites excluding steroid dienone is 2. The molecule has 1 aliphatic rings. The highest BCUT2D eigenvalue weighted by atomic mass is 16.5. The molecule has 2 rings (SSSR count). The highest BCUT2D eigenvalue weighted by Gasteiger charge is 2.60. The first kappa shape index (κ1) is 19.2. The quantitative estimate of drug-likeness (QED) is 0.554. The lowest BCUT2D eigenvalue weighted by Gasteiger charge is -2.05. The smallest absolute Gasteiger partial charge is 0.241 e. The van der Waals surface area contributed by atoms with E-state index in [2.05, 4.69) is 35.7 Å². The van der Waals surface area contributed by atoms with Crippen LogP contribution < -0.4 is 10.6 Å². The maximum atomic E-state index is 12.5. The minimum atomic E-state index is -0.148. The SMILES string of the molecule is COCCNC(=O)Cn1cc(NC(=O)C2C(C=C(C)C)C2(C)C)cn1. The van der Waals surface area contributed by atoms with Crippen molar-refractivity contribution in [3.05, 3.63) is 24.0 Å². The van der Waals surface area contributed by atoms with Crippen LogP contribution in [0.3, 0.4) is 0 Å². The van der Waals surface area contributed by atoms with E-state index in [0.29, 0.717) is 18.8 Å². The molecule has 0 aliphatic heterocycles. The van der Waals surface area contributed by atoms with Gasteiger partial charge in [0.05, 0.1) is 24.4 Å². The molecule has 0 radical (unpaired) electrons. The van der Waals surface area contributed by atoms with Gasteiger partial charge < -0.3 is 15.4 Å². The maximum Gasteiger partial charge on any atom is 0.241 e. The van der Waals surface area contributed by atoms with E-state index < -0.39 is 0 Å². The summed E-state index contributed by atoms with van der Waals surface area (Å²) in [6, 6.07) is 0. The van der Waals surface area contributed by atoms with Crippen molar-refractivity contribution in [1.82, 2.24) is 15.1 Å². The van der Waals surface area contributed by atoms with Crippen LogP contribution in [0.25, 0.3) is 0 Å². The standard InChI is InChI=1S/C18H28N4O3/c1-12(2)8-14-16(18(14,3)4)17(24)21-13-9-20-22(10-13)11-15(23)19-6-7-25-5/h8-10,14,16H,6-7,11H2,1-5H3,(H,19,23)(H,21,24). The Morgan fingerprint density at radius 1 is 1.40 bits per heavy atom. The van der Waals surface area contributed by atoms with Crippen molar-refractivity contribution < 1.29 is 14.3 Å². The van der Waals surface area contributed by atoms with Crippen LogP contribution in [-0.4, -0.2) is 41.9 Å². The number of aromatic nitrogens is 2. The summed E-state index contributed by atoms with van der Waals surface area (Å²) < 4.78 is 6.38. The van der Waals surface area contributed by atoms with Crippen LogP contribution in [0.15, 0.2) is 24.0 Å². The number of methoxy groups -OCH3 is 1. The molecule has 2 unspecified atom stereocenters. The van der Waals surface area contributed by atoms with Crippen molar-refractivity contribution in [3.8, 4) is 0 Å². The monoisotopic (exact) mass is 348 g/mol. The van der Waals surface area contributed by atoms with Crippen molar-refractivity contribution in [2.24, 2.45) is 17.3 Å². The van der Waals surface area contributed by atoms with Crippen LogP contribution in [0, 0.1) is 17.3 Å². The Morgan fingerprint density at radius 2 is 2.12 bits per heavy atom. The van der Waals surface area contributed by atoms with Gasteiger partial charge in [0.15, 0.2) is 0 Å². The summed E-state index contributed by atoms with van der Waals surface area (Å²) in [6.07, 6.45) is 5.39.